The fraction of sp³-hybridized carbons (Fsp3) is 0.385. The van der Waals surface area contributed by atoms with Gasteiger partial charge in [-0.1, -0.05) is 18.8 Å². The Kier molecular flexibility index (Phi) is 5.84. The van der Waals surface area contributed by atoms with Crippen LogP contribution in [0.2, 0.25) is 0 Å². The molecule has 2 nitrogen and oxygen atoms in total. The zero-order valence-corrected chi connectivity index (χ0v) is 10.6. The van der Waals surface area contributed by atoms with Crippen molar-refractivity contribution in [1.82, 2.24) is 0 Å². The van der Waals surface area contributed by atoms with Crippen LogP contribution in [0.4, 0.5) is 0 Å². The number of ether oxygens (including phenoxy) is 1. The molecule has 0 radical (unpaired) electrons. The Bertz CT molecular complexity index is 393. The van der Waals surface area contributed by atoms with E-state index in [2.05, 4.69) is 24.8 Å². The van der Waals surface area contributed by atoms with Crippen LogP contribution in [0.3, 0.4) is 0 Å². The zero-order valence-electron chi connectivity index (χ0n) is 9.75. The van der Waals surface area contributed by atoms with Gasteiger partial charge in [0.05, 0.1) is 13.7 Å². The van der Waals surface area contributed by atoms with Crippen LogP contribution in [-0.4, -0.2) is 19.4 Å². The average Bonchev–Trinajstić information content (AvgIpc) is 2.33. The minimum atomic E-state index is 0.394. The van der Waals surface area contributed by atoms with Crippen molar-refractivity contribution in [1.29, 1.82) is 0 Å². The van der Waals surface area contributed by atoms with E-state index in [4.69, 9.17) is 10.5 Å². The monoisotopic (exact) mass is 235 g/mol. The third-order valence-corrected chi connectivity index (χ3v) is 3.00. The predicted octanol–water partition coefficient (Wildman–Crippen LogP) is 2.26. The summed E-state index contributed by atoms with van der Waals surface area (Å²) in [6.07, 6.45) is 0. The molecule has 3 heteroatoms. The van der Waals surface area contributed by atoms with E-state index in [0.717, 1.165) is 22.8 Å². The van der Waals surface area contributed by atoms with Crippen LogP contribution in [0, 0.1) is 11.8 Å². The number of hydrogen-bond donors (Lipinski definition) is 1. The van der Waals surface area contributed by atoms with Gasteiger partial charge in [-0.25, -0.2) is 0 Å². The molecule has 0 aromatic heterocycles. The topological polar surface area (TPSA) is 35.2 Å². The molecule has 0 aliphatic rings. The number of hydrogen-bond acceptors (Lipinski definition) is 3. The Morgan fingerprint density at radius 2 is 2.25 bits per heavy atom. The molecule has 0 fully saturated rings. The Labute approximate surface area is 102 Å². The van der Waals surface area contributed by atoms with Gasteiger partial charge in [0.25, 0.3) is 0 Å². The van der Waals surface area contributed by atoms with E-state index < -0.39 is 0 Å². The molecule has 1 aromatic rings. The van der Waals surface area contributed by atoms with Gasteiger partial charge in [0, 0.05) is 16.9 Å². The lowest BCUT2D eigenvalue weighted by Gasteiger charge is -2.08. The lowest BCUT2D eigenvalue weighted by molar-refractivity contribution is 0.411. The molecule has 0 bridgehead atoms. The molecule has 1 aromatic carbocycles. The largest absolute Gasteiger partial charge is 0.496 e. The van der Waals surface area contributed by atoms with Gasteiger partial charge in [-0.05, 0) is 24.0 Å². The van der Waals surface area contributed by atoms with Gasteiger partial charge < -0.3 is 10.5 Å². The van der Waals surface area contributed by atoms with E-state index in [0.29, 0.717) is 6.54 Å². The summed E-state index contributed by atoms with van der Waals surface area (Å²) >= 11 is 1.87. The van der Waals surface area contributed by atoms with Crippen molar-refractivity contribution in [2.75, 3.05) is 19.4 Å². The second-order valence-electron chi connectivity index (χ2n) is 3.17. The molecule has 0 aliphatic carbocycles. The number of nitrogens with two attached hydrogens (primary N) is 1. The van der Waals surface area contributed by atoms with Crippen LogP contribution in [0.5, 0.6) is 5.75 Å². The highest BCUT2D eigenvalue weighted by Gasteiger charge is 2.03. The van der Waals surface area contributed by atoms with Crippen molar-refractivity contribution < 1.29 is 4.74 Å². The molecular formula is C13H17NOS. The van der Waals surface area contributed by atoms with Crippen molar-refractivity contribution in [3.63, 3.8) is 0 Å². The zero-order chi connectivity index (χ0) is 11.8. The molecule has 16 heavy (non-hydrogen) atoms. The Morgan fingerprint density at radius 1 is 1.44 bits per heavy atom. The Balaban J connectivity index is 2.91. The van der Waals surface area contributed by atoms with E-state index in [9.17, 15) is 0 Å². The number of thioether (sulfide) groups is 1. The van der Waals surface area contributed by atoms with E-state index in [1.807, 2.05) is 23.9 Å². The van der Waals surface area contributed by atoms with Crippen molar-refractivity contribution in [2.45, 2.75) is 12.7 Å². The lowest BCUT2D eigenvalue weighted by atomic mass is 10.1. The lowest BCUT2D eigenvalue weighted by Crippen LogP contribution is -1.94. The van der Waals surface area contributed by atoms with Gasteiger partial charge >= 0.3 is 0 Å². The standard InChI is InChI=1S/C13H17NOS/c1-3-16-10-12-9-11(5-4-8-14)6-7-13(12)15-2/h6-7,9H,3,8,10,14H2,1-2H3. The van der Waals surface area contributed by atoms with Gasteiger partial charge in [0.2, 0.25) is 0 Å². The molecule has 0 aliphatic heterocycles. The van der Waals surface area contributed by atoms with Gasteiger partial charge in [-0.2, -0.15) is 11.8 Å². The van der Waals surface area contributed by atoms with Crippen molar-refractivity contribution >= 4 is 11.8 Å². The highest BCUT2D eigenvalue weighted by atomic mass is 32.2. The van der Waals surface area contributed by atoms with Crippen LogP contribution in [-0.2, 0) is 5.75 Å². The molecule has 1 rings (SSSR count). The molecule has 0 atom stereocenters. The number of methoxy groups -OCH3 is 1. The first-order chi connectivity index (χ1) is 7.81. The molecule has 0 heterocycles. The quantitative estimate of drug-likeness (QED) is 0.813. The first kappa shape index (κ1) is 13.0. The average molecular weight is 235 g/mol. The van der Waals surface area contributed by atoms with Crippen LogP contribution < -0.4 is 10.5 Å². The first-order valence-corrected chi connectivity index (χ1v) is 6.40. The molecule has 0 spiro atoms. The summed E-state index contributed by atoms with van der Waals surface area (Å²) in [6, 6.07) is 6.00. The van der Waals surface area contributed by atoms with E-state index in [1.54, 1.807) is 7.11 Å². The van der Waals surface area contributed by atoms with E-state index in [1.165, 1.54) is 5.56 Å². The molecule has 2 N–H and O–H groups in total. The summed E-state index contributed by atoms with van der Waals surface area (Å²) in [4.78, 5) is 0. The SMILES string of the molecule is CCSCc1cc(C#CCN)ccc1OC. The maximum atomic E-state index is 5.35. The van der Waals surface area contributed by atoms with Gasteiger partial charge in [0.15, 0.2) is 0 Å². The summed E-state index contributed by atoms with van der Waals surface area (Å²) in [5, 5.41) is 0. The molecule has 0 amide bonds. The molecule has 0 saturated heterocycles. The summed E-state index contributed by atoms with van der Waals surface area (Å²) in [7, 11) is 1.70. The highest BCUT2D eigenvalue weighted by Crippen LogP contribution is 2.24. The van der Waals surface area contributed by atoms with E-state index >= 15 is 0 Å². The summed E-state index contributed by atoms with van der Waals surface area (Å²) in [6.45, 7) is 2.54. The normalized spacial score (nSPS) is 9.44. The maximum absolute atomic E-state index is 5.35. The van der Waals surface area contributed by atoms with Gasteiger partial charge in [-0.15, -0.1) is 0 Å². The minimum absolute atomic E-state index is 0.394. The minimum Gasteiger partial charge on any atom is -0.496 e. The number of rotatable bonds is 4. The van der Waals surface area contributed by atoms with Crippen molar-refractivity contribution in [3.05, 3.63) is 29.3 Å². The fourth-order valence-electron chi connectivity index (χ4n) is 1.33. The summed E-state index contributed by atoms with van der Waals surface area (Å²) in [5.41, 5.74) is 7.54. The predicted molar refractivity (Wildman–Crippen MR) is 70.8 cm³/mol. The summed E-state index contributed by atoms with van der Waals surface area (Å²) in [5.74, 6) is 8.87. The van der Waals surface area contributed by atoms with Crippen molar-refractivity contribution in [3.8, 4) is 17.6 Å². The molecule has 0 saturated carbocycles. The second kappa shape index (κ2) is 7.21. The molecule has 86 valence electrons. The van der Waals surface area contributed by atoms with Crippen LogP contribution in [0.25, 0.3) is 0 Å². The van der Waals surface area contributed by atoms with Gasteiger partial charge in [0.1, 0.15) is 5.75 Å². The molecule has 0 unspecified atom stereocenters. The number of benzene rings is 1. The smallest absolute Gasteiger partial charge is 0.122 e. The van der Waals surface area contributed by atoms with Crippen LogP contribution in [0.15, 0.2) is 18.2 Å². The first-order valence-electron chi connectivity index (χ1n) is 5.25. The van der Waals surface area contributed by atoms with E-state index in [-0.39, 0.29) is 0 Å². The third kappa shape index (κ3) is 3.80. The Hall–Kier alpha value is -1.11. The van der Waals surface area contributed by atoms with Crippen LogP contribution in [0.1, 0.15) is 18.1 Å². The maximum Gasteiger partial charge on any atom is 0.122 e. The van der Waals surface area contributed by atoms with Gasteiger partial charge in [-0.3, -0.25) is 0 Å². The van der Waals surface area contributed by atoms with Crippen LogP contribution >= 0.6 is 11.8 Å². The third-order valence-electron chi connectivity index (χ3n) is 2.08. The molecular weight excluding hydrogens is 218 g/mol. The second-order valence-corrected chi connectivity index (χ2v) is 4.44. The Morgan fingerprint density at radius 3 is 2.88 bits per heavy atom. The van der Waals surface area contributed by atoms with Crippen molar-refractivity contribution in [2.24, 2.45) is 5.73 Å². The highest BCUT2D eigenvalue weighted by molar-refractivity contribution is 7.98. The fourth-order valence-corrected chi connectivity index (χ4v) is 1.98. The summed E-state index contributed by atoms with van der Waals surface area (Å²) < 4.78 is 5.32.